The summed E-state index contributed by atoms with van der Waals surface area (Å²) in [5.41, 5.74) is 1.34. The molecular formula is C14H18BrN. The minimum absolute atomic E-state index is 0.409. The second kappa shape index (κ2) is 5.65. The highest BCUT2D eigenvalue weighted by Crippen LogP contribution is 2.24. The van der Waals surface area contributed by atoms with Gasteiger partial charge in [0.05, 0.1) is 0 Å². The quantitative estimate of drug-likeness (QED) is 0.818. The maximum Gasteiger partial charge on any atom is 0.0305 e. The average Bonchev–Trinajstić information content (AvgIpc) is 2.31. The lowest BCUT2D eigenvalue weighted by molar-refractivity contribution is 0.425. The Bertz CT molecular complexity index is 373. The summed E-state index contributed by atoms with van der Waals surface area (Å²) < 4.78 is 1.20. The Hall–Kier alpha value is -0.600. The molecule has 2 heteroatoms. The zero-order chi connectivity index (χ0) is 11.4. The lowest BCUT2D eigenvalue weighted by Gasteiger charge is -2.25. The Kier molecular flexibility index (Phi) is 4.19. The van der Waals surface area contributed by atoms with Gasteiger partial charge in [0.15, 0.2) is 0 Å². The van der Waals surface area contributed by atoms with Crippen molar-refractivity contribution >= 4 is 15.9 Å². The van der Waals surface area contributed by atoms with Crippen molar-refractivity contribution in [1.29, 1.82) is 0 Å². The molecule has 0 saturated heterocycles. The number of nitrogens with one attached hydrogen (secondary N) is 1. The largest absolute Gasteiger partial charge is 0.307 e. The second-order valence-electron chi connectivity index (χ2n) is 4.39. The summed E-state index contributed by atoms with van der Waals surface area (Å²) in [7, 11) is 0. The molecule has 1 N–H and O–H groups in total. The van der Waals surface area contributed by atoms with Crippen molar-refractivity contribution in [3.63, 3.8) is 0 Å². The van der Waals surface area contributed by atoms with Crippen LogP contribution in [-0.4, -0.2) is 6.04 Å². The smallest absolute Gasteiger partial charge is 0.0305 e. The van der Waals surface area contributed by atoms with Crippen molar-refractivity contribution in [3.05, 3.63) is 46.5 Å². The molecule has 1 nitrogen and oxygen atoms in total. The monoisotopic (exact) mass is 279 g/mol. The van der Waals surface area contributed by atoms with Crippen molar-refractivity contribution < 1.29 is 0 Å². The topological polar surface area (TPSA) is 12.0 Å². The van der Waals surface area contributed by atoms with Crippen LogP contribution in [0.25, 0.3) is 0 Å². The van der Waals surface area contributed by atoms with Gasteiger partial charge in [0.1, 0.15) is 0 Å². The standard InChI is InChI=1S/C14H18BrN/c1-11(13-9-5-6-10-14(13)15)16-12-7-3-2-4-8-12/h2-3,5-6,9-12,16H,4,7-8H2,1H3. The van der Waals surface area contributed by atoms with Crippen LogP contribution in [0.1, 0.15) is 37.8 Å². The van der Waals surface area contributed by atoms with E-state index in [1.165, 1.54) is 22.9 Å². The zero-order valence-electron chi connectivity index (χ0n) is 9.62. The fourth-order valence-corrected chi connectivity index (χ4v) is 2.84. The SMILES string of the molecule is CC(NC1CC=CCC1)c1ccccc1Br. The van der Waals surface area contributed by atoms with Crippen molar-refractivity contribution in [2.45, 2.75) is 38.3 Å². The first-order valence-corrected chi connectivity index (χ1v) is 6.72. The molecule has 2 rings (SSSR count). The first kappa shape index (κ1) is 11.9. The molecule has 0 bridgehead atoms. The number of hydrogen-bond donors (Lipinski definition) is 1. The molecule has 0 saturated carbocycles. The molecule has 0 spiro atoms. The van der Waals surface area contributed by atoms with Crippen LogP contribution in [0.5, 0.6) is 0 Å². The van der Waals surface area contributed by atoms with E-state index in [4.69, 9.17) is 0 Å². The molecule has 86 valence electrons. The lowest BCUT2D eigenvalue weighted by atomic mass is 9.99. The predicted octanol–water partition coefficient (Wildman–Crippen LogP) is 4.21. The minimum Gasteiger partial charge on any atom is -0.307 e. The first-order valence-electron chi connectivity index (χ1n) is 5.93. The fraction of sp³-hybridized carbons (Fsp3) is 0.429. The van der Waals surface area contributed by atoms with Gasteiger partial charge in [0.25, 0.3) is 0 Å². The predicted molar refractivity (Wildman–Crippen MR) is 72.5 cm³/mol. The normalized spacial score (nSPS) is 22.0. The zero-order valence-corrected chi connectivity index (χ0v) is 11.2. The van der Waals surface area contributed by atoms with E-state index in [2.05, 4.69) is 64.6 Å². The lowest BCUT2D eigenvalue weighted by Crippen LogP contribution is -2.32. The van der Waals surface area contributed by atoms with Crippen molar-refractivity contribution in [2.75, 3.05) is 0 Å². The Morgan fingerprint density at radius 3 is 2.81 bits per heavy atom. The van der Waals surface area contributed by atoms with Gasteiger partial charge in [-0.05, 0) is 37.8 Å². The Labute approximate surface area is 106 Å². The van der Waals surface area contributed by atoms with Crippen molar-refractivity contribution in [3.8, 4) is 0 Å². The van der Waals surface area contributed by atoms with Gasteiger partial charge < -0.3 is 5.32 Å². The summed E-state index contributed by atoms with van der Waals surface area (Å²) in [4.78, 5) is 0. The number of rotatable bonds is 3. The van der Waals surface area contributed by atoms with Gasteiger partial charge in [-0.15, -0.1) is 0 Å². The maximum atomic E-state index is 3.69. The Morgan fingerprint density at radius 1 is 1.31 bits per heavy atom. The van der Waals surface area contributed by atoms with Gasteiger partial charge >= 0.3 is 0 Å². The summed E-state index contributed by atoms with van der Waals surface area (Å²) in [5, 5.41) is 3.69. The van der Waals surface area contributed by atoms with Crippen LogP contribution in [0, 0.1) is 0 Å². The van der Waals surface area contributed by atoms with E-state index in [1.807, 2.05) is 0 Å². The van der Waals surface area contributed by atoms with Crippen LogP contribution < -0.4 is 5.32 Å². The first-order chi connectivity index (χ1) is 7.77. The molecule has 1 aliphatic rings. The highest BCUT2D eigenvalue weighted by Gasteiger charge is 2.15. The van der Waals surface area contributed by atoms with Gasteiger partial charge in [-0.1, -0.05) is 46.3 Å². The summed E-state index contributed by atoms with van der Waals surface area (Å²) >= 11 is 3.61. The third-order valence-electron chi connectivity index (χ3n) is 3.13. The summed E-state index contributed by atoms with van der Waals surface area (Å²) in [6.45, 7) is 2.23. The molecule has 1 aromatic carbocycles. The second-order valence-corrected chi connectivity index (χ2v) is 5.25. The Morgan fingerprint density at radius 2 is 2.12 bits per heavy atom. The van der Waals surface area contributed by atoms with Crippen LogP contribution in [-0.2, 0) is 0 Å². The molecule has 0 fully saturated rings. The van der Waals surface area contributed by atoms with E-state index >= 15 is 0 Å². The molecule has 0 heterocycles. The van der Waals surface area contributed by atoms with Crippen LogP contribution >= 0.6 is 15.9 Å². The number of allylic oxidation sites excluding steroid dienone is 1. The molecule has 0 amide bonds. The molecule has 2 atom stereocenters. The van der Waals surface area contributed by atoms with Gasteiger partial charge in [-0.25, -0.2) is 0 Å². The third kappa shape index (κ3) is 2.96. The molecule has 0 aromatic heterocycles. The molecule has 2 unspecified atom stereocenters. The van der Waals surface area contributed by atoms with E-state index in [0.29, 0.717) is 12.1 Å². The van der Waals surface area contributed by atoms with Gasteiger partial charge in [-0.2, -0.15) is 0 Å². The highest BCUT2D eigenvalue weighted by atomic mass is 79.9. The van der Waals surface area contributed by atoms with Gasteiger partial charge in [0.2, 0.25) is 0 Å². The fourth-order valence-electron chi connectivity index (χ4n) is 2.21. The van der Waals surface area contributed by atoms with Crippen molar-refractivity contribution in [2.24, 2.45) is 0 Å². The van der Waals surface area contributed by atoms with Crippen molar-refractivity contribution in [1.82, 2.24) is 5.32 Å². The minimum atomic E-state index is 0.409. The molecule has 1 aliphatic carbocycles. The van der Waals surface area contributed by atoms with E-state index in [-0.39, 0.29) is 0 Å². The van der Waals surface area contributed by atoms with E-state index in [1.54, 1.807) is 0 Å². The number of hydrogen-bond acceptors (Lipinski definition) is 1. The molecular weight excluding hydrogens is 262 g/mol. The van der Waals surface area contributed by atoms with Crippen LogP contribution in [0.3, 0.4) is 0 Å². The number of benzene rings is 1. The molecule has 0 radical (unpaired) electrons. The maximum absolute atomic E-state index is 3.69. The van der Waals surface area contributed by atoms with E-state index in [0.717, 1.165) is 6.42 Å². The number of halogens is 1. The van der Waals surface area contributed by atoms with E-state index < -0.39 is 0 Å². The highest BCUT2D eigenvalue weighted by molar-refractivity contribution is 9.10. The summed E-state index contributed by atoms with van der Waals surface area (Å²) in [5.74, 6) is 0. The molecule has 0 aliphatic heterocycles. The Balaban J connectivity index is 2.00. The molecule has 16 heavy (non-hydrogen) atoms. The average molecular weight is 280 g/mol. The summed E-state index contributed by atoms with van der Waals surface area (Å²) in [6.07, 6.45) is 8.19. The van der Waals surface area contributed by atoms with Crippen LogP contribution in [0.2, 0.25) is 0 Å². The van der Waals surface area contributed by atoms with E-state index in [9.17, 15) is 0 Å². The van der Waals surface area contributed by atoms with Crippen LogP contribution in [0.4, 0.5) is 0 Å². The van der Waals surface area contributed by atoms with Crippen LogP contribution in [0.15, 0.2) is 40.9 Å². The third-order valence-corrected chi connectivity index (χ3v) is 3.85. The van der Waals surface area contributed by atoms with Gasteiger partial charge in [0, 0.05) is 16.6 Å². The summed E-state index contributed by atoms with van der Waals surface area (Å²) in [6, 6.07) is 9.48. The van der Waals surface area contributed by atoms with Gasteiger partial charge in [-0.3, -0.25) is 0 Å². The molecule has 1 aromatic rings.